The lowest BCUT2D eigenvalue weighted by molar-refractivity contribution is -0.453. The Morgan fingerprint density at radius 2 is 1.08 bits per heavy atom. The molecule has 0 radical (unpaired) electrons. The van der Waals surface area contributed by atoms with Gasteiger partial charge in [0.1, 0.15) is 5.75 Å². The number of aliphatic hydroxyl groups is 1. The number of rotatable bonds is 11. The van der Waals surface area contributed by atoms with Crippen molar-refractivity contribution in [2.45, 2.75) is 68.1 Å². The molecule has 1 N–H and O–H groups in total. The van der Waals surface area contributed by atoms with Crippen molar-refractivity contribution in [2.24, 2.45) is 5.92 Å². The van der Waals surface area contributed by atoms with Gasteiger partial charge in [0.25, 0.3) is 0 Å². The number of hydrogen-bond acceptors (Lipinski definition) is 2. The summed E-state index contributed by atoms with van der Waals surface area (Å²) in [5.41, 5.74) is -0.766. The van der Waals surface area contributed by atoms with Crippen LogP contribution in [0.4, 0.5) is 65.9 Å². The van der Waals surface area contributed by atoms with Crippen LogP contribution in [0.1, 0.15) is 31.9 Å². The molecule has 0 amide bonds. The van der Waals surface area contributed by atoms with Crippen LogP contribution in [0.2, 0.25) is 0 Å². The fourth-order valence-corrected chi connectivity index (χ4v) is 2.62. The van der Waals surface area contributed by atoms with Crippen LogP contribution >= 0.6 is 0 Å². The summed E-state index contributed by atoms with van der Waals surface area (Å²) in [6, 6.07) is 3.97. The normalized spacial score (nSPS) is 15.9. The molecule has 17 heteroatoms. The van der Waals surface area contributed by atoms with Crippen molar-refractivity contribution in [3.05, 3.63) is 29.8 Å². The van der Waals surface area contributed by atoms with E-state index in [0.29, 0.717) is 0 Å². The van der Waals surface area contributed by atoms with Crippen LogP contribution in [0.5, 0.6) is 5.75 Å². The lowest BCUT2D eigenvalue weighted by atomic mass is 9.88. The SMILES string of the molecule is CC(C)COc1ccccc1C(O)CC(F)(F)C(F)(F)C(F)(F)C(F)(F)C(F)(F)C(F)(F)C(F)(F)F. The van der Waals surface area contributed by atoms with Crippen molar-refractivity contribution in [1.29, 1.82) is 0 Å². The highest BCUT2D eigenvalue weighted by molar-refractivity contribution is 5.35. The van der Waals surface area contributed by atoms with E-state index in [1.807, 2.05) is 0 Å². The van der Waals surface area contributed by atoms with Gasteiger partial charge in [-0.15, -0.1) is 0 Å². The first kappa shape index (κ1) is 32.0. The summed E-state index contributed by atoms with van der Waals surface area (Å²) in [7, 11) is 0. The summed E-state index contributed by atoms with van der Waals surface area (Å²) in [6.07, 6.45) is -13.4. The van der Waals surface area contributed by atoms with E-state index in [0.717, 1.165) is 18.2 Å². The summed E-state index contributed by atoms with van der Waals surface area (Å²) < 4.78 is 204. The van der Waals surface area contributed by atoms with Crippen molar-refractivity contribution in [2.75, 3.05) is 6.61 Å². The predicted octanol–water partition coefficient (Wildman–Crippen LogP) is 7.52. The molecule has 0 aliphatic rings. The topological polar surface area (TPSA) is 29.5 Å². The quantitative estimate of drug-likeness (QED) is 0.283. The standard InChI is InChI=1S/C19H17F15O2/c1-9(2)8-36-12-6-4-3-5-10(12)11(35)7-13(20,21)14(22,23)15(24,25)16(26,27)17(28,29)18(30,31)19(32,33)34/h3-6,9,11,35H,7-8H2,1-2H3. The van der Waals surface area contributed by atoms with E-state index in [-0.39, 0.29) is 12.5 Å². The van der Waals surface area contributed by atoms with E-state index in [1.165, 1.54) is 6.07 Å². The molecular weight excluding hydrogens is 545 g/mol. The van der Waals surface area contributed by atoms with Crippen LogP contribution < -0.4 is 4.74 Å². The number of halogens is 15. The van der Waals surface area contributed by atoms with Crippen LogP contribution in [0.25, 0.3) is 0 Å². The molecule has 1 unspecified atom stereocenters. The Hall–Kier alpha value is -2.07. The molecule has 1 aromatic carbocycles. The molecule has 1 rings (SSSR count). The van der Waals surface area contributed by atoms with Gasteiger partial charge in [0.15, 0.2) is 0 Å². The van der Waals surface area contributed by atoms with Crippen LogP contribution in [-0.4, -0.2) is 53.4 Å². The summed E-state index contributed by atoms with van der Waals surface area (Å²) >= 11 is 0. The van der Waals surface area contributed by atoms with E-state index >= 15 is 0 Å². The van der Waals surface area contributed by atoms with Crippen molar-refractivity contribution >= 4 is 0 Å². The van der Waals surface area contributed by atoms with Crippen molar-refractivity contribution in [1.82, 2.24) is 0 Å². The summed E-state index contributed by atoms with van der Waals surface area (Å²) in [6.45, 7) is 3.03. The predicted molar refractivity (Wildman–Crippen MR) is 92.1 cm³/mol. The van der Waals surface area contributed by atoms with E-state index in [9.17, 15) is 71.0 Å². The van der Waals surface area contributed by atoms with Crippen LogP contribution in [0, 0.1) is 5.92 Å². The maximum Gasteiger partial charge on any atom is 0.460 e. The third-order valence-corrected chi connectivity index (χ3v) is 4.69. The Morgan fingerprint density at radius 3 is 1.53 bits per heavy atom. The third-order valence-electron chi connectivity index (χ3n) is 4.69. The third kappa shape index (κ3) is 5.16. The Labute approximate surface area is 193 Å². The van der Waals surface area contributed by atoms with Gasteiger partial charge < -0.3 is 9.84 Å². The van der Waals surface area contributed by atoms with Crippen molar-refractivity contribution in [3.8, 4) is 5.75 Å². The van der Waals surface area contributed by atoms with Gasteiger partial charge in [-0.25, -0.2) is 0 Å². The molecule has 0 aliphatic carbocycles. The highest BCUT2D eigenvalue weighted by Gasteiger charge is 2.93. The van der Waals surface area contributed by atoms with E-state index < -0.39 is 65.5 Å². The van der Waals surface area contributed by atoms with Gasteiger partial charge in [-0.05, 0) is 12.0 Å². The Morgan fingerprint density at radius 1 is 0.667 bits per heavy atom. The second-order valence-electron chi connectivity index (χ2n) is 8.04. The zero-order chi connectivity index (χ0) is 28.8. The molecule has 1 aromatic rings. The van der Waals surface area contributed by atoms with Gasteiger partial charge in [-0.2, -0.15) is 65.9 Å². The van der Waals surface area contributed by atoms with Crippen LogP contribution in [0.3, 0.4) is 0 Å². The van der Waals surface area contributed by atoms with Crippen LogP contribution in [-0.2, 0) is 0 Å². The fraction of sp³-hybridized carbons (Fsp3) is 0.684. The van der Waals surface area contributed by atoms with Gasteiger partial charge in [-0.3, -0.25) is 0 Å². The second kappa shape index (κ2) is 9.67. The number of aliphatic hydroxyl groups excluding tert-OH is 1. The molecule has 36 heavy (non-hydrogen) atoms. The lowest BCUT2D eigenvalue weighted by Gasteiger charge is -2.41. The molecular formula is C19H17F15O2. The Bertz CT molecular complexity index is 893. The zero-order valence-corrected chi connectivity index (χ0v) is 17.9. The average Bonchev–Trinajstić information content (AvgIpc) is 2.70. The number of ether oxygens (including phenoxy) is 1. The molecule has 0 saturated heterocycles. The Balaban J connectivity index is 3.44. The number of alkyl halides is 15. The minimum Gasteiger partial charge on any atom is -0.493 e. The van der Waals surface area contributed by atoms with Gasteiger partial charge in [0.05, 0.1) is 12.7 Å². The highest BCUT2D eigenvalue weighted by Crippen LogP contribution is 2.63. The molecule has 0 aromatic heterocycles. The summed E-state index contributed by atoms with van der Waals surface area (Å²) in [4.78, 5) is 0. The smallest absolute Gasteiger partial charge is 0.460 e. The average molecular weight is 562 g/mol. The minimum atomic E-state index is -8.37. The van der Waals surface area contributed by atoms with E-state index in [2.05, 4.69) is 0 Å². The highest BCUT2D eigenvalue weighted by atomic mass is 19.4. The second-order valence-corrected chi connectivity index (χ2v) is 8.04. The molecule has 0 aliphatic heterocycles. The molecule has 2 nitrogen and oxygen atoms in total. The van der Waals surface area contributed by atoms with Gasteiger partial charge in [0, 0.05) is 12.0 Å². The molecule has 0 bridgehead atoms. The largest absolute Gasteiger partial charge is 0.493 e. The summed E-state index contributed by atoms with van der Waals surface area (Å²) in [5.74, 6) is -47.8. The number of benzene rings is 1. The molecule has 0 saturated carbocycles. The van der Waals surface area contributed by atoms with Crippen molar-refractivity contribution in [3.63, 3.8) is 0 Å². The molecule has 210 valence electrons. The first-order chi connectivity index (χ1) is 15.8. The number of para-hydroxylation sites is 1. The first-order valence-corrected chi connectivity index (χ1v) is 9.53. The van der Waals surface area contributed by atoms with Crippen LogP contribution in [0.15, 0.2) is 24.3 Å². The maximum absolute atomic E-state index is 14.1. The first-order valence-electron chi connectivity index (χ1n) is 9.53. The monoisotopic (exact) mass is 562 g/mol. The molecule has 0 fully saturated rings. The van der Waals surface area contributed by atoms with Gasteiger partial charge in [0.2, 0.25) is 0 Å². The van der Waals surface area contributed by atoms with Gasteiger partial charge in [-0.1, -0.05) is 32.0 Å². The number of hydrogen-bond donors (Lipinski definition) is 1. The van der Waals surface area contributed by atoms with E-state index in [4.69, 9.17) is 4.74 Å². The van der Waals surface area contributed by atoms with E-state index in [1.54, 1.807) is 13.8 Å². The summed E-state index contributed by atoms with van der Waals surface area (Å²) in [5, 5.41) is 9.89. The van der Waals surface area contributed by atoms with Crippen molar-refractivity contribution < 1.29 is 75.7 Å². The molecule has 0 spiro atoms. The molecule has 0 heterocycles. The Kier molecular flexibility index (Phi) is 8.58. The maximum atomic E-state index is 14.1. The van der Waals surface area contributed by atoms with Gasteiger partial charge >= 0.3 is 41.7 Å². The lowest BCUT2D eigenvalue weighted by Crippen LogP contribution is -2.72. The molecule has 1 atom stereocenters. The minimum absolute atomic E-state index is 0.150. The zero-order valence-electron chi connectivity index (χ0n) is 17.9. The fourth-order valence-electron chi connectivity index (χ4n) is 2.62.